The average Bonchev–Trinajstić information content (AvgIpc) is 2.48. The highest BCUT2D eigenvalue weighted by Gasteiger charge is 2.32. The van der Waals surface area contributed by atoms with Crippen LogP contribution in [0.15, 0.2) is 29.2 Å². The van der Waals surface area contributed by atoms with Crippen LogP contribution in [-0.2, 0) is 14.8 Å². The molecule has 21 heavy (non-hydrogen) atoms. The van der Waals surface area contributed by atoms with Crippen LogP contribution in [-0.4, -0.2) is 61.9 Å². The Bertz CT molecular complexity index is 703. The van der Waals surface area contributed by atoms with E-state index in [-0.39, 0.29) is 30.5 Å². The SMILES string of the molecule is CN1CCN(S(=O)(=O)c2ccccc2C#CCO)CC1=O. The van der Waals surface area contributed by atoms with Gasteiger partial charge in [0.2, 0.25) is 15.9 Å². The third kappa shape index (κ3) is 3.24. The van der Waals surface area contributed by atoms with Crippen molar-refractivity contribution in [2.45, 2.75) is 4.90 Å². The van der Waals surface area contributed by atoms with Gasteiger partial charge in [-0.15, -0.1) is 0 Å². The summed E-state index contributed by atoms with van der Waals surface area (Å²) in [5.74, 6) is 4.84. The summed E-state index contributed by atoms with van der Waals surface area (Å²) in [6, 6.07) is 6.32. The lowest BCUT2D eigenvalue weighted by atomic mass is 10.2. The van der Waals surface area contributed by atoms with E-state index in [2.05, 4.69) is 11.8 Å². The van der Waals surface area contributed by atoms with Crippen LogP contribution in [0.3, 0.4) is 0 Å². The largest absolute Gasteiger partial charge is 0.384 e. The predicted molar refractivity (Wildman–Crippen MR) is 76.8 cm³/mol. The van der Waals surface area contributed by atoms with Crippen LogP contribution in [0.25, 0.3) is 0 Å². The molecule has 1 aromatic rings. The van der Waals surface area contributed by atoms with Crippen molar-refractivity contribution in [3.63, 3.8) is 0 Å². The van der Waals surface area contributed by atoms with Crippen molar-refractivity contribution in [3.8, 4) is 11.8 Å². The van der Waals surface area contributed by atoms with E-state index >= 15 is 0 Å². The molecule has 0 unspecified atom stereocenters. The predicted octanol–water partition coefficient (Wildman–Crippen LogP) is -0.507. The molecule has 2 rings (SSSR count). The van der Waals surface area contributed by atoms with E-state index in [0.29, 0.717) is 12.1 Å². The molecule has 0 aromatic heterocycles. The van der Waals surface area contributed by atoms with Gasteiger partial charge in [0.25, 0.3) is 0 Å². The van der Waals surface area contributed by atoms with Crippen molar-refractivity contribution in [2.24, 2.45) is 0 Å². The number of piperazine rings is 1. The van der Waals surface area contributed by atoms with Crippen LogP contribution >= 0.6 is 0 Å². The summed E-state index contributed by atoms with van der Waals surface area (Å²) in [4.78, 5) is 13.3. The molecule has 6 nitrogen and oxygen atoms in total. The minimum atomic E-state index is -3.78. The van der Waals surface area contributed by atoms with Gasteiger partial charge in [-0.2, -0.15) is 4.31 Å². The van der Waals surface area contributed by atoms with Gasteiger partial charge in [-0.3, -0.25) is 4.79 Å². The lowest BCUT2D eigenvalue weighted by molar-refractivity contribution is -0.132. The lowest BCUT2D eigenvalue weighted by Crippen LogP contribution is -2.50. The topological polar surface area (TPSA) is 77.9 Å². The van der Waals surface area contributed by atoms with Gasteiger partial charge >= 0.3 is 0 Å². The second-order valence-corrected chi connectivity index (χ2v) is 6.52. The molecule has 0 aliphatic carbocycles. The summed E-state index contributed by atoms with van der Waals surface area (Å²) in [5, 5.41) is 8.75. The first-order valence-electron chi connectivity index (χ1n) is 6.39. The minimum absolute atomic E-state index is 0.0586. The number of carbonyl (C=O) groups is 1. The number of carbonyl (C=O) groups excluding carboxylic acids is 1. The molecule has 1 N–H and O–H groups in total. The van der Waals surface area contributed by atoms with Gasteiger partial charge < -0.3 is 10.0 Å². The monoisotopic (exact) mass is 308 g/mol. The molecule has 7 heteroatoms. The fraction of sp³-hybridized carbons (Fsp3) is 0.357. The third-order valence-electron chi connectivity index (χ3n) is 3.23. The van der Waals surface area contributed by atoms with Crippen molar-refractivity contribution < 1.29 is 18.3 Å². The maximum atomic E-state index is 12.6. The number of hydrogen-bond acceptors (Lipinski definition) is 4. The summed E-state index contributed by atoms with van der Waals surface area (Å²) in [5.41, 5.74) is 0.318. The first-order chi connectivity index (χ1) is 9.96. The second kappa shape index (κ2) is 6.26. The van der Waals surface area contributed by atoms with Gasteiger partial charge in [0.1, 0.15) is 6.61 Å². The average molecular weight is 308 g/mol. The van der Waals surface area contributed by atoms with E-state index in [4.69, 9.17) is 5.11 Å². The third-order valence-corrected chi connectivity index (χ3v) is 5.13. The van der Waals surface area contributed by atoms with Crippen LogP contribution in [0.1, 0.15) is 5.56 Å². The minimum Gasteiger partial charge on any atom is -0.384 e. The van der Waals surface area contributed by atoms with Gasteiger partial charge in [0.15, 0.2) is 0 Å². The molecule has 1 saturated heterocycles. The smallest absolute Gasteiger partial charge is 0.244 e. The van der Waals surface area contributed by atoms with E-state index in [1.54, 1.807) is 25.2 Å². The molecule has 1 aromatic carbocycles. The second-order valence-electron chi connectivity index (χ2n) is 4.61. The molecular formula is C14H16N2O4S. The van der Waals surface area contributed by atoms with Crippen LogP contribution in [0.4, 0.5) is 0 Å². The Hall–Kier alpha value is -1.88. The van der Waals surface area contributed by atoms with Gasteiger partial charge in [0, 0.05) is 25.7 Å². The van der Waals surface area contributed by atoms with E-state index in [0.717, 1.165) is 4.31 Å². The summed E-state index contributed by atoms with van der Waals surface area (Å²) >= 11 is 0. The number of benzene rings is 1. The Kier molecular flexibility index (Phi) is 4.63. The van der Waals surface area contributed by atoms with Gasteiger partial charge in [-0.25, -0.2) is 8.42 Å². The number of aliphatic hydroxyl groups excluding tert-OH is 1. The van der Waals surface area contributed by atoms with Crippen LogP contribution in [0.5, 0.6) is 0 Å². The zero-order chi connectivity index (χ0) is 15.5. The van der Waals surface area contributed by atoms with E-state index < -0.39 is 10.0 Å². The Morgan fingerprint density at radius 2 is 2.00 bits per heavy atom. The standard InChI is InChI=1S/C14H16N2O4S/c1-15-8-9-16(11-14(15)18)21(19,20)13-7-3-2-5-12(13)6-4-10-17/h2-3,5,7,17H,8-11H2,1H3. The highest BCUT2D eigenvalue weighted by molar-refractivity contribution is 7.89. The molecule has 0 atom stereocenters. The van der Waals surface area contributed by atoms with Crippen molar-refractivity contribution in [2.75, 3.05) is 33.3 Å². The number of amides is 1. The molecule has 1 heterocycles. The number of hydrogen-bond donors (Lipinski definition) is 1. The highest BCUT2D eigenvalue weighted by Crippen LogP contribution is 2.21. The number of likely N-dealkylation sites (N-methyl/N-ethyl adjacent to an activating group) is 1. The van der Waals surface area contributed by atoms with Crippen LogP contribution in [0.2, 0.25) is 0 Å². The zero-order valence-electron chi connectivity index (χ0n) is 11.6. The van der Waals surface area contributed by atoms with Gasteiger partial charge in [-0.05, 0) is 12.1 Å². The maximum Gasteiger partial charge on any atom is 0.244 e. The first kappa shape index (κ1) is 15.5. The summed E-state index contributed by atoms with van der Waals surface area (Å²) in [6.45, 7) is 0.108. The molecule has 1 aliphatic heterocycles. The number of rotatable bonds is 2. The van der Waals surface area contributed by atoms with Crippen molar-refractivity contribution >= 4 is 15.9 Å². The quantitative estimate of drug-likeness (QED) is 0.747. The summed E-state index contributed by atoms with van der Waals surface area (Å²) in [7, 11) is -2.13. The molecule has 1 aliphatic rings. The fourth-order valence-electron chi connectivity index (χ4n) is 2.01. The molecule has 0 radical (unpaired) electrons. The molecular weight excluding hydrogens is 292 g/mol. The van der Waals surface area contributed by atoms with E-state index in [1.807, 2.05) is 0 Å². The number of nitrogens with zero attached hydrogens (tertiary/aromatic N) is 2. The van der Waals surface area contributed by atoms with Crippen molar-refractivity contribution in [1.29, 1.82) is 0 Å². The molecule has 1 amide bonds. The summed E-state index contributed by atoms with van der Waals surface area (Å²) in [6.07, 6.45) is 0. The van der Waals surface area contributed by atoms with Crippen molar-refractivity contribution in [1.82, 2.24) is 9.21 Å². The number of aliphatic hydroxyl groups is 1. The lowest BCUT2D eigenvalue weighted by Gasteiger charge is -2.31. The van der Waals surface area contributed by atoms with Crippen LogP contribution < -0.4 is 0 Å². The normalized spacial score (nSPS) is 16.5. The van der Waals surface area contributed by atoms with E-state index in [9.17, 15) is 13.2 Å². The van der Waals surface area contributed by atoms with Gasteiger partial charge in [0.05, 0.1) is 11.4 Å². The highest BCUT2D eigenvalue weighted by atomic mass is 32.2. The van der Waals surface area contributed by atoms with E-state index in [1.165, 1.54) is 11.0 Å². The summed E-state index contributed by atoms with van der Waals surface area (Å²) < 4.78 is 26.5. The van der Waals surface area contributed by atoms with Crippen molar-refractivity contribution in [3.05, 3.63) is 29.8 Å². The molecule has 0 saturated carbocycles. The Labute approximate surface area is 124 Å². The molecule has 1 fully saturated rings. The number of sulfonamides is 1. The fourth-order valence-corrected chi connectivity index (χ4v) is 3.54. The molecule has 0 bridgehead atoms. The Morgan fingerprint density at radius 3 is 2.67 bits per heavy atom. The zero-order valence-corrected chi connectivity index (χ0v) is 12.4. The maximum absolute atomic E-state index is 12.6. The first-order valence-corrected chi connectivity index (χ1v) is 7.83. The van der Waals surface area contributed by atoms with Crippen LogP contribution in [0, 0.1) is 11.8 Å². The molecule has 112 valence electrons. The molecule has 0 spiro atoms. The Morgan fingerprint density at radius 1 is 1.29 bits per heavy atom. The van der Waals surface area contributed by atoms with Gasteiger partial charge in [-0.1, -0.05) is 24.0 Å². The Balaban J connectivity index is 2.38.